The smallest absolute Gasteiger partial charge is 0.253 e. The highest BCUT2D eigenvalue weighted by molar-refractivity contribution is 5.96. The van der Waals surface area contributed by atoms with Crippen LogP contribution in [0.5, 0.6) is 0 Å². The van der Waals surface area contributed by atoms with Gasteiger partial charge in [0.1, 0.15) is 12.1 Å². The monoisotopic (exact) mass is 1080 g/mol. The first-order valence-electron chi connectivity index (χ1n) is 29.6. The standard InChI is InChI=1S/C64H87N9O6/c1-45(2)59(74)68-57(51-21-13-7-14-22-51)63(78)72-39-35-66-41-55(72)43-70(37-33-47-17-9-5-10-18-47)61(76)53-29-25-49(26-30-53)50-27-31-54(32-28-50)62(77)71(38-34-48-19-11-6-12-20-48)44-56-42-67-36-40-73(56)64(79)58(52-23-15-8-16-24-52)69-60(75)46(3)65-4/h5-6,9-12,17-20,25-32,45-46,51-52,55-58,65-67H,7-8,13-16,21-24,33-44H2,1-4H3,(H,68,74)(H,69,75)/t46-,55-,56-,57-,58-/m0/s1. The predicted octanol–water partition coefficient (Wildman–Crippen LogP) is 6.72. The number of hydrogen-bond acceptors (Lipinski definition) is 9. The number of hydrogen-bond donors (Lipinski definition) is 5. The van der Waals surface area contributed by atoms with E-state index in [1.807, 2.05) is 118 Å². The molecule has 2 saturated heterocycles. The van der Waals surface area contributed by atoms with E-state index in [9.17, 15) is 28.8 Å². The molecule has 4 fully saturated rings. The molecule has 5 atom stereocenters. The van der Waals surface area contributed by atoms with Crippen LogP contribution in [0.2, 0.25) is 0 Å². The average Bonchev–Trinajstić information content (AvgIpc) is 3.51. The third kappa shape index (κ3) is 15.9. The summed E-state index contributed by atoms with van der Waals surface area (Å²) in [7, 11) is 1.74. The van der Waals surface area contributed by atoms with Crippen LogP contribution < -0.4 is 26.6 Å². The minimum absolute atomic E-state index is 0.0545. The summed E-state index contributed by atoms with van der Waals surface area (Å²) in [4.78, 5) is 93.0. The highest BCUT2D eigenvalue weighted by atomic mass is 16.2. The summed E-state index contributed by atoms with van der Waals surface area (Å²) >= 11 is 0. The van der Waals surface area contributed by atoms with E-state index in [1.54, 1.807) is 14.0 Å². The molecule has 4 aromatic carbocycles. The largest absolute Gasteiger partial charge is 0.344 e. The molecule has 79 heavy (non-hydrogen) atoms. The minimum Gasteiger partial charge on any atom is -0.344 e. The number of carbonyl (C=O) groups excluding carboxylic acids is 6. The van der Waals surface area contributed by atoms with Crippen LogP contribution in [0.3, 0.4) is 0 Å². The average molecular weight is 1080 g/mol. The van der Waals surface area contributed by atoms with Crippen molar-refractivity contribution in [1.82, 2.24) is 46.2 Å². The maximum absolute atomic E-state index is 14.8. The molecular formula is C64H87N9O6. The molecule has 6 amide bonds. The Morgan fingerprint density at radius 3 is 1.30 bits per heavy atom. The van der Waals surface area contributed by atoms with Crippen molar-refractivity contribution in [3.05, 3.63) is 131 Å². The third-order valence-electron chi connectivity index (χ3n) is 17.0. The Morgan fingerprint density at radius 1 is 0.532 bits per heavy atom. The molecule has 15 nitrogen and oxygen atoms in total. The molecule has 2 aliphatic carbocycles. The predicted molar refractivity (Wildman–Crippen MR) is 311 cm³/mol. The van der Waals surface area contributed by atoms with Gasteiger partial charge in [0.15, 0.2) is 0 Å². The fourth-order valence-corrected chi connectivity index (χ4v) is 12.1. The van der Waals surface area contributed by atoms with Crippen LogP contribution in [0, 0.1) is 17.8 Å². The van der Waals surface area contributed by atoms with Crippen LogP contribution >= 0.6 is 0 Å². The van der Waals surface area contributed by atoms with Gasteiger partial charge < -0.3 is 46.2 Å². The van der Waals surface area contributed by atoms with Crippen molar-refractivity contribution in [3.63, 3.8) is 0 Å². The van der Waals surface area contributed by atoms with Crippen molar-refractivity contribution in [2.24, 2.45) is 17.8 Å². The number of piperazine rings is 2. The zero-order chi connectivity index (χ0) is 55.7. The first-order chi connectivity index (χ1) is 38.4. The van der Waals surface area contributed by atoms with E-state index < -0.39 is 18.1 Å². The molecule has 0 radical (unpaired) electrons. The number of amides is 6. The van der Waals surface area contributed by atoms with Crippen LogP contribution in [0.1, 0.15) is 117 Å². The van der Waals surface area contributed by atoms with Crippen LogP contribution in [-0.4, -0.2) is 158 Å². The van der Waals surface area contributed by atoms with E-state index in [-0.39, 0.29) is 65.3 Å². The van der Waals surface area contributed by atoms with Gasteiger partial charge in [-0.1, -0.05) is 137 Å². The summed E-state index contributed by atoms with van der Waals surface area (Å²) in [6.07, 6.45) is 11.3. The molecule has 0 bridgehead atoms. The molecule has 2 saturated carbocycles. The Morgan fingerprint density at radius 2 is 0.924 bits per heavy atom. The van der Waals surface area contributed by atoms with Crippen molar-refractivity contribution in [2.45, 2.75) is 128 Å². The lowest BCUT2D eigenvalue weighted by Crippen LogP contribution is -2.63. The highest BCUT2D eigenvalue weighted by Crippen LogP contribution is 2.31. The summed E-state index contributed by atoms with van der Waals surface area (Å²) in [5.74, 6) is -0.789. The second-order valence-corrected chi connectivity index (χ2v) is 22.8. The highest BCUT2D eigenvalue weighted by Gasteiger charge is 2.41. The van der Waals surface area contributed by atoms with Crippen molar-refractivity contribution < 1.29 is 28.8 Å². The van der Waals surface area contributed by atoms with Gasteiger partial charge in [0.05, 0.1) is 18.1 Å². The van der Waals surface area contributed by atoms with Gasteiger partial charge >= 0.3 is 0 Å². The lowest BCUT2D eigenvalue weighted by atomic mass is 9.83. The first-order valence-corrected chi connectivity index (χ1v) is 29.6. The molecule has 0 aromatic heterocycles. The van der Waals surface area contributed by atoms with Crippen molar-refractivity contribution >= 4 is 35.4 Å². The topological polar surface area (TPSA) is 176 Å². The third-order valence-corrected chi connectivity index (χ3v) is 17.0. The summed E-state index contributed by atoms with van der Waals surface area (Å²) in [5, 5.41) is 16.3. The molecular weight excluding hydrogens is 991 g/mol. The summed E-state index contributed by atoms with van der Waals surface area (Å²) in [6, 6.07) is 33.2. The van der Waals surface area contributed by atoms with E-state index in [2.05, 4.69) is 50.8 Å². The van der Waals surface area contributed by atoms with Gasteiger partial charge in [0.2, 0.25) is 23.6 Å². The lowest BCUT2D eigenvalue weighted by molar-refractivity contribution is -0.142. The van der Waals surface area contributed by atoms with Crippen LogP contribution in [0.4, 0.5) is 0 Å². The molecule has 0 spiro atoms. The van der Waals surface area contributed by atoms with Crippen molar-refractivity contribution in [2.75, 3.05) is 72.5 Å². The number of likely N-dealkylation sites (N-methyl/N-ethyl adjacent to an activating group) is 1. The summed E-state index contributed by atoms with van der Waals surface area (Å²) in [6.45, 7) is 10.4. The molecule has 4 aliphatic rings. The zero-order valence-corrected chi connectivity index (χ0v) is 47.3. The van der Waals surface area contributed by atoms with E-state index in [0.29, 0.717) is 89.4 Å². The van der Waals surface area contributed by atoms with Gasteiger partial charge in [0.25, 0.3) is 11.8 Å². The number of nitrogens with one attached hydrogen (secondary N) is 5. The van der Waals surface area contributed by atoms with Crippen molar-refractivity contribution in [1.29, 1.82) is 0 Å². The van der Waals surface area contributed by atoms with E-state index in [4.69, 9.17) is 0 Å². The summed E-state index contributed by atoms with van der Waals surface area (Å²) < 4.78 is 0. The Balaban J connectivity index is 0.984. The van der Waals surface area contributed by atoms with Gasteiger partial charge in [-0.2, -0.15) is 0 Å². The van der Waals surface area contributed by atoms with Gasteiger partial charge in [0, 0.05) is 82.5 Å². The Hall–Kier alpha value is -6.42. The zero-order valence-electron chi connectivity index (χ0n) is 47.3. The number of benzene rings is 4. The SMILES string of the molecule is CN[C@@H](C)C(=O)N[C@H](C(=O)N1CCNC[C@H]1CN(CCc1ccccc1)C(=O)c1ccc(-c2ccc(C(=O)N(CCc3ccccc3)C[C@@H]3CNCCN3C(=O)[C@@H](NC(=O)C(C)C)C3CCCCC3)cc2)cc1)C1CCCCC1. The van der Waals surface area contributed by atoms with Crippen LogP contribution in [-0.2, 0) is 32.0 Å². The van der Waals surface area contributed by atoms with Gasteiger partial charge in [-0.15, -0.1) is 0 Å². The fourth-order valence-electron chi connectivity index (χ4n) is 12.1. The maximum atomic E-state index is 14.8. The molecule has 5 N–H and O–H groups in total. The summed E-state index contributed by atoms with van der Waals surface area (Å²) in [5.41, 5.74) is 5.08. The molecule has 4 aromatic rings. The van der Waals surface area contributed by atoms with E-state index in [1.165, 1.54) is 0 Å². The molecule has 8 rings (SSSR count). The fraction of sp³-hybridized carbons (Fsp3) is 0.531. The van der Waals surface area contributed by atoms with E-state index >= 15 is 0 Å². The van der Waals surface area contributed by atoms with Crippen LogP contribution in [0.15, 0.2) is 109 Å². The lowest BCUT2D eigenvalue weighted by Gasteiger charge is -2.42. The normalized spacial score (nSPS) is 19.5. The Bertz CT molecular complexity index is 2610. The molecule has 0 unspecified atom stereocenters. The quantitative estimate of drug-likeness (QED) is 0.0573. The van der Waals surface area contributed by atoms with Gasteiger partial charge in [-0.05, 0) is 111 Å². The van der Waals surface area contributed by atoms with Gasteiger partial charge in [-0.3, -0.25) is 28.8 Å². The van der Waals surface area contributed by atoms with E-state index in [0.717, 1.165) is 86.5 Å². The Kier molecular flexibility index (Phi) is 21.7. The number of carbonyl (C=O) groups is 6. The first kappa shape index (κ1) is 58.7. The molecule has 2 heterocycles. The van der Waals surface area contributed by atoms with Gasteiger partial charge in [-0.25, -0.2) is 0 Å². The maximum Gasteiger partial charge on any atom is 0.253 e. The van der Waals surface area contributed by atoms with Crippen LogP contribution in [0.25, 0.3) is 11.1 Å². The molecule has 15 heteroatoms. The number of rotatable bonds is 22. The van der Waals surface area contributed by atoms with Crippen molar-refractivity contribution in [3.8, 4) is 11.1 Å². The number of nitrogens with zero attached hydrogens (tertiary/aromatic N) is 4. The Labute approximate surface area is 469 Å². The second kappa shape index (κ2) is 29.2. The second-order valence-electron chi connectivity index (χ2n) is 22.8. The molecule has 2 aliphatic heterocycles. The minimum atomic E-state index is -0.631. The molecule has 424 valence electrons.